The van der Waals surface area contributed by atoms with Gasteiger partial charge in [-0.25, -0.2) is 0 Å². The first-order chi connectivity index (χ1) is 8.85. The Bertz CT molecular complexity index is 227. The normalized spacial score (nSPS) is 31.7. The van der Waals surface area contributed by atoms with Crippen molar-refractivity contribution >= 4 is 11.8 Å². The Hall–Kier alpha value is 0.270. The molecule has 2 rings (SSSR count). The molecular formula is C15H30N2S. The maximum Gasteiger partial charge on any atom is 0.0214 e. The average Bonchev–Trinajstić information content (AvgIpc) is 2.45. The van der Waals surface area contributed by atoms with Gasteiger partial charge in [0.1, 0.15) is 0 Å². The van der Waals surface area contributed by atoms with Crippen LogP contribution < -0.4 is 5.32 Å². The van der Waals surface area contributed by atoms with Crippen LogP contribution in [-0.4, -0.2) is 48.1 Å². The molecule has 0 aromatic rings. The molecule has 2 aliphatic rings. The van der Waals surface area contributed by atoms with E-state index in [4.69, 9.17) is 0 Å². The Morgan fingerprint density at radius 2 is 1.83 bits per heavy atom. The highest BCUT2D eigenvalue weighted by Gasteiger charge is 2.31. The molecule has 1 N–H and O–H groups in total. The van der Waals surface area contributed by atoms with Crippen LogP contribution in [0.5, 0.6) is 0 Å². The fourth-order valence-electron chi connectivity index (χ4n) is 3.55. The Kier molecular flexibility index (Phi) is 6.33. The van der Waals surface area contributed by atoms with Gasteiger partial charge in [-0.3, -0.25) is 4.90 Å². The number of nitrogens with zero attached hydrogens (tertiary/aromatic N) is 1. The molecule has 18 heavy (non-hydrogen) atoms. The molecule has 0 spiro atoms. The summed E-state index contributed by atoms with van der Waals surface area (Å²) in [5, 5.41) is 4.59. The van der Waals surface area contributed by atoms with E-state index in [9.17, 15) is 0 Å². The molecule has 0 radical (unpaired) electrons. The van der Waals surface area contributed by atoms with Crippen molar-refractivity contribution in [3.05, 3.63) is 0 Å². The van der Waals surface area contributed by atoms with Gasteiger partial charge >= 0.3 is 0 Å². The number of piperidine rings is 1. The van der Waals surface area contributed by atoms with Gasteiger partial charge in [0.15, 0.2) is 0 Å². The van der Waals surface area contributed by atoms with E-state index in [0.29, 0.717) is 0 Å². The summed E-state index contributed by atoms with van der Waals surface area (Å²) in [5.74, 6) is 0. The van der Waals surface area contributed by atoms with Gasteiger partial charge in [0.2, 0.25) is 0 Å². The molecule has 2 nitrogen and oxygen atoms in total. The summed E-state index contributed by atoms with van der Waals surface area (Å²) in [6.45, 7) is 6.10. The third kappa shape index (κ3) is 3.88. The fraction of sp³-hybridized carbons (Fsp3) is 1.00. The molecule has 2 unspecified atom stereocenters. The minimum Gasteiger partial charge on any atom is -0.314 e. The van der Waals surface area contributed by atoms with Crippen LogP contribution >= 0.6 is 11.8 Å². The van der Waals surface area contributed by atoms with Gasteiger partial charge in [0.25, 0.3) is 0 Å². The zero-order chi connectivity index (χ0) is 12.8. The number of rotatable bonds is 5. The number of hydrogen-bond donors (Lipinski definition) is 1. The van der Waals surface area contributed by atoms with Crippen LogP contribution in [0.15, 0.2) is 0 Å². The largest absolute Gasteiger partial charge is 0.314 e. The molecule has 1 aliphatic carbocycles. The van der Waals surface area contributed by atoms with E-state index in [0.717, 1.165) is 17.3 Å². The first-order valence-electron chi connectivity index (χ1n) is 7.85. The molecule has 0 bridgehead atoms. The first-order valence-corrected chi connectivity index (χ1v) is 9.14. The number of thioether (sulfide) groups is 1. The number of likely N-dealkylation sites (tertiary alicyclic amines) is 1. The van der Waals surface area contributed by atoms with Crippen LogP contribution in [0.3, 0.4) is 0 Å². The highest BCUT2D eigenvalue weighted by Crippen LogP contribution is 2.32. The zero-order valence-electron chi connectivity index (χ0n) is 12.2. The van der Waals surface area contributed by atoms with Crippen LogP contribution in [-0.2, 0) is 0 Å². The molecule has 1 saturated carbocycles. The summed E-state index contributed by atoms with van der Waals surface area (Å²) in [6, 6.07) is 1.67. The van der Waals surface area contributed by atoms with E-state index >= 15 is 0 Å². The number of nitrogens with one attached hydrogen (secondary N) is 1. The molecular weight excluding hydrogens is 240 g/mol. The topological polar surface area (TPSA) is 15.3 Å². The highest BCUT2D eigenvalue weighted by molar-refractivity contribution is 7.99. The quantitative estimate of drug-likeness (QED) is 0.826. The van der Waals surface area contributed by atoms with Crippen molar-refractivity contribution in [1.82, 2.24) is 10.2 Å². The predicted octanol–water partition coefficient (Wildman–Crippen LogP) is 3.12. The van der Waals surface area contributed by atoms with Crippen molar-refractivity contribution in [3.63, 3.8) is 0 Å². The molecule has 0 aromatic heterocycles. The van der Waals surface area contributed by atoms with Gasteiger partial charge < -0.3 is 5.32 Å². The van der Waals surface area contributed by atoms with Crippen LogP contribution in [0.2, 0.25) is 0 Å². The van der Waals surface area contributed by atoms with Crippen LogP contribution in [0.1, 0.15) is 51.9 Å². The summed E-state index contributed by atoms with van der Waals surface area (Å²) in [6.07, 6.45) is 12.1. The third-order valence-electron chi connectivity index (χ3n) is 4.65. The van der Waals surface area contributed by atoms with Gasteiger partial charge in [-0.1, -0.05) is 19.8 Å². The Balaban J connectivity index is 1.77. The van der Waals surface area contributed by atoms with Crippen molar-refractivity contribution in [1.29, 1.82) is 0 Å². The third-order valence-corrected chi connectivity index (χ3v) is 5.81. The summed E-state index contributed by atoms with van der Waals surface area (Å²) in [5.41, 5.74) is 0. The van der Waals surface area contributed by atoms with Crippen LogP contribution in [0, 0.1) is 0 Å². The summed E-state index contributed by atoms with van der Waals surface area (Å²) < 4.78 is 0. The van der Waals surface area contributed by atoms with E-state index < -0.39 is 0 Å². The van der Waals surface area contributed by atoms with Crippen molar-refractivity contribution in [2.75, 3.05) is 25.9 Å². The summed E-state index contributed by atoms with van der Waals surface area (Å²) in [7, 11) is 0. The lowest BCUT2D eigenvalue weighted by molar-refractivity contribution is 0.120. The molecule has 2 fully saturated rings. The summed E-state index contributed by atoms with van der Waals surface area (Å²) >= 11 is 2.10. The van der Waals surface area contributed by atoms with Crippen molar-refractivity contribution in [3.8, 4) is 0 Å². The van der Waals surface area contributed by atoms with Crippen molar-refractivity contribution < 1.29 is 0 Å². The standard InChI is InChI=1S/C15H30N2S/c1-3-10-16-13-8-11-17(12-9-13)14-6-4-5-7-15(14)18-2/h13-16H,3-12H2,1-2H3. The van der Waals surface area contributed by atoms with Crippen LogP contribution in [0.25, 0.3) is 0 Å². The maximum atomic E-state index is 3.69. The van der Waals surface area contributed by atoms with Gasteiger partial charge in [-0.2, -0.15) is 11.8 Å². The molecule has 2 atom stereocenters. The Morgan fingerprint density at radius 1 is 1.11 bits per heavy atom. The first kappa shape index (κ1) is 14.7. The van der Waals surface area contributed by atoms with Crippen molar-refractivity contribution in [2.24, 2.45) is 0 Å². The molecule has 106 valence electrons. The Labute approximate surface area is 117 Å². The van der Waals surface area contributed by atoms with E-state index in [-0.39, 0.29) is 0 Å². The lowest BCUT2D eigenvalue weighted by atomic mass is 9.91. The average molecular weight is 270 g/mol. The van der Waals surface area contributed by atoms with Gasteiger partial charge in [-0.05, 0) is 58.0 Å². The van der Waals surface area contributed by atoms with E-state index in [1.165, 1.54) is 64.6 Å². The second-order valence-corrected chi connectivity index (χ2v) is 6.97. The minimum atomic E-state index is 0.789. The molecule has 1 aliphatic heterocycles. The number of hydrogen-bond acceptors (Lipinski definition) is 3. The fourth-order valence-corrected chi connectivity index (χ4v) is 4.58. The van der Waals surface area contributed by atoms with E-state index in [1.807, 2.05) is 0 Å². The summed E-state index contributed by atoms with van der Waals surface area (Å²) in [4.78, 5) is 2.80. The molecule has 1 saturated heterocycles. The molecule has 3 heteroatoms. The lowest BCUT2D eigenvalue weighted by Crippen LogP contribution is -2.50. The van der Waals surface area contributed by atoms with Crippen molar-refractivity contribution in [2.45, 2.75) is 69.2 Å². The van der Waals surface area contributed by atoms with E-state index in [2.05, 4.69) is 35.2 Å². The van der Waals surface area contributed by atoms with Gasteiger partial charge in [-0.15, -0.1) is 0 Å². The minimum absolute atomic E-state index is 0.789. The molecule has 0 aromatic carbocycles. The highest BCUT2D eigenvalue weighted by atomic mass is 32.2. The molecule has 1 heterocycles. The predicted molar refractivity (Wildman–Crippen MR) is 82.4 cm³/mol. The molecule has 0 amide bonds. The monoisotopic (exact) mass is 270 g/mol. The Morgan fingerprint density at radius 3 is 2.50 bits per heavy atom. The maximum absolute atomic E-state index is 3.69. The van der Waals surface area contributed by atoms with Crippen LogP contribution in [0.4, 0.5) is 0 Å². The van der Waals surface area contributed by atoms with Gasteiger partial charge in [0, 0.05) is 17.3 Å². The second-order valence-electron chi connectivity index (χ2n) is 5.89. The zero-order valence-corrected chi connectivity index (χ0v) is 13.0. The smallest absolute Gasteiger partial charge is 0.0214 e. The second kappa shape index (κ2) is 7.76. The van der Waals surface area contributed by atoms with Gasteiger partial charge in [0.05, 0.1) is 0 Å². The SMILES string of the molecule is CCCNC1CCN(C2CCCCC2SC)CC1. The lowest BCUT2D eigenvalue weighted by Gasteiger charge is -2.43. The van der Waals surface area contributed by atoms with E-state index in [1.54, 1.807) is 0 Å².